The van der Waals surface area contributed by atoms with E-state index >= 15 is 0 Å². The van der Waals surface area contributed by atoms with Gasteiger partial charge >= 0.3 is 0 Å². The van der Waals surface area contributed by atoms with Crippen molar-refractivity contribution in [3.05, 3.63) is 29.3 Å². The summed E-state index contributed by atoms with van der Waals surface area (Å²) in [6.45, 7) is 7.81. The van der Waals surface area contributed by atoms with Crippen LogP contribution in [0.3, 0.4) is 0 Å². The number of benzene rings is 1. The molecule has 1 aromatic carbocycles. The summed E-state index contributed by atoms with van der Waals surface area (Å²) in [6, 6.07) is 6.11. The van der Waals surface area contributed by atoms with Gasteiger partial charge in [0, 0.05) is 50.5 Å². The molecular formula is C20H29N3O2. The quantitative estimate of drug-likeness (QED) is 0.914. The van der Waals surface area contributed by atoms with Crippen molar-refractivity contribution >= 4 is 11.6 Å². The van der Waals surface area contributed by atoms with Gasteiger partial charge in [0.1, 0.15) is 0 Å². The van der Waals surface area contributed by atoms with E-state index in [9.17, 15) is 4.79 Å². The molecule has 0 atom stereocenters. The van der Waals surface area contributed by atoms with E-state index in [0.29, 0.717) is 5.92 Å². The van der Waals surface area contributed by atoms with Crippen molar-refractivity contribution in [3.8, 4) is 0 Å². The third kappa shape index (κ3) is 3.82. The Morgan fingerprint density at radius 3 is 2.76 bits per heavy atom. The maximum absolute atomic E-state index is 13.0. The van der Waals surface area contributed by atoms with E-state index in [2.05, 4.69) is 21.2 Å². The molecule has 2 saturated heterocycles. The fraction of sp³-hybridized carbons (Fsp3) is 0.650. The summed E-state index contributed by atoms with van der Waals surface area (Å²) in [5.41, 5.74) is 3.28. The summed E-state index contributed by atoms with van der Waals surface area (Å²) in [5, 5.41) is 3.43. The largest absolute Gasteiger partial charge is 0.385 e. The molecule has 5 heteroatoms. The number of amides is 1. The lowest BCUT2D eigenvalue weighted by Gasteiger charge is -2.36. The molecule has 1 aromatic rings. The van der Waals surface area contributed by atoms with Gasteiger partial charge in [0.2, 0.25) is 0 Å². The molecule has 4 rings (SSSR count). The number of piperidine rings is 1. The van der Waals surface area contributed by atoms with Crippen molar-refractivity contribution in [2.24, 2.45) is 5.92 Å². The van der Waals surface area contributed by atoms with E-state index < -0.39 is 0 Å². The number of carbonyl (C=O) groups excluding carboxylic acids is 1. The molecule has 3 heterocycles. The fourth-order valence-corrected chi connectivity index (χ4v) is 4.35. The minimum atomic E-state index is 0.227. The lowest BCUT2D eigenvalue weighted by molar-refractivity contribution is 0.0242. The number of morpholine rings is 1. The van der Waals surface area contributed by atoms with Crippen molar-refractivity contribution in [3.63, 3.8) is 0 Å². The number of likely N-dealkylation sites (tertiary alicyclic amines) is 1. The van der Waals surface area contributed by atoms with E-state index in [1.54, 1.807) is 0 Å². The highest BCUT2D eigenvalue weighted by molar-refractivity contribution is 5.97. The number of hydrogen-bond donors (Lipinski definition) is 1. The van der Waals surface area contributed by atoms with Crippen molar-refractivity contribution in [2.45, 2.75) is 25.7 Å². The number of nitrogens with zero attached hydrogens (tertiary/aromatic N) is 2. The van der Waals surface area contributed by atoms with E-state index in [-0.39, 0.29) is 5.91 Å². The zero-order chi connectivity index (χ0) is 17.1. The third-order valence-electron chi connectivity index (χ3n) is 5.85. The molecule has 25 heavy (non-hydrogen) atoms. The van der Waals surface area contributed by atoms with Crippen LogP contribution in [0.25, 0.3) is 0 Å². The van der Waals surface area contributed by atoms with Crippen LogP contribution in [0.1, 0.15) is 35.2 Å². The summed E-state index contributed by atoms with van der Waals surface area (Å²) in [7, 11) is 0. The predicted molar refractivity (Wildman–Crippen MR) is 99.1 cm³/mol. The molecule has 0 unspecified atom stereocenters. The van der Waals surface area contributed by atoms with E-state index in [1.165, 1.54) is 5.56 Å². The predicted octanol–water partition coefficient (Wildman–Crippen LogP) is 2.23. The summed E-state index contributed by atoms with van der Waals surface area (Å²) in [6.07, 6.45) is 4.36. The molecule has 0 saturated carbocycles. The molecule has 0 aliphatic carbocycles. The first-order chi connectivity index (χ1) is 12.3. The second kappa shape index (κ2) is 7.75. The molecule has 2 fully saturated rings. The van der Waals surface area contributed by atoms with Gasteiger partial charge in [0.15, 0.2) is 0 Å². The number of anilines is 1. The molecule has 0 radical (unpaired) electrons. The Hall–Kier alpha value is -1.59. The Morgan fingerprint density at radius 2 is 1.96 bits per heavy atom. The van der Waals surface area contributed by atoms with Crippen LogP contribution in [0.4, 0.5) is 5.69 Å². The SMILES string of the molecule is O=C(c1cccc2c1CCCN2)N1CCC(CN2CCOCC2)CC1. The van der Waals surface area contributed by atoms with E-state index in [1.807, 2.05) is 12.1 Å². The Kier molecular flexibility index (Phi) is 5.22. The first kappa shape index (κ1) is 16.9. The maximum atomic E-state index is 13.0. The molecule has 1 N–H and O–H groups in total. The van der Waals surface area contributed by atoms with Crippen LogP contribution in [0.15, 0.2) is 18.2 Å². The lowest BCUT2D eigenvalue weighted by atomic mass is 9.93. The van der Waals surface area contributed by atoms with Gasteiger partial charge in [-0.05, 0) is 49.3 Å². The molecule has 3 aliphatic heterocycles. The summed E-state index contributed by atoms with van der Waals surface area (Å²) < 4.78 is 5.43. The highest BCUT2D eigenvalue weighted by atomic mass is 16.5. The smallest absolute Gasteiger partial charge is 0.254 e. The van der Waals surface area contributed by atoms with Gasteiger partial charge < -0.3 is 15.0 Å². The van der Waals surface area contributed by atoms with Crippen molar-refractivity contribution < 1.29 is 9.53 Å². The number of nitrogens with one attached hydrogen (secondary N) is 1. The van der Waals surface area contributed by atoms with Crippen LogP contribution in [-0.2, 0) is 11.2 Å². The molecule has 0 aromatic heterocycles. The molecule has 1 amide bonds. The Balaban J connectivity index is 1.35. The second-order valence-corrected chi connectivity index (χ2v) is 7.51. The Morgan fingerprint density at radius 1 is 1.16 bits per heavy atom. The third-order valence-corrected chi connectivity index (χ3v) is 5.85. The van der Waals surface area contributed by atoms with Gasteiger partial charge in [-0.25, -0.2) is 0 Å². The Labute approximate surface area is 150 Å². The average molecular weight is 343 g/mol. The van der Waals surface area contributed by atoms with E-state index in [4.69, 9.17) is 4.74 Å². The normalized spacial score (nSPS) is 22.3. The fourth-order valence-electron chi connectivity index (χ4n) is 4.35. The van der Waals surface area contributed by atoms with Crippen LogP contribution in [0.5, 0.6) is 0 Å². The summed E-state index contributed by atoms with van der Waals surface area (Å²) >= 11 is 0. The van der Waals surface area contributed by atoms with Gasteiger partial charge in [-0.3, -0.25) is 9.69 Å². The van der Waals surface area contributed by atoms with Crippen LogP contribution >= 0.6 is 0 Å². The van der Waals surface area contributed by atoms with Gasteiger partial charge in [-0.2, -0.15) is 0 Å². The molecular weight excluding hydrogens is 314 g/mol. The Bertz CT molecular complexity index is 605. The topological polar surface area (TPSA) is 44.8 Å². The van der Waals surface area contributed by atoms with Gasteiger partial charge in [-0.1, -0.05) is 6.07 Å². The van der Waals surface area contributed by atoms with Gasteiger partial charge in [0.05, 0.1) is 13.2 Å². The zero-order valence-corrected chi connectivity index (χ0v) is 15.0. The number of rotatable bonds is 3. The van der Waals surface area contributed by atoms with E-state index in [0.717, 1.165) is 89.4 Å². The minimum Gasteiger partial charge on any atom is -0.385 e. The van der Waals surface area contributed by atoms with Crippen LogP contribution in [0.2, 0.25) is 0 Å². The monoisotopic (exact) mass is 343 g/mol. The molecule has 0 spiro atoms. The maximum Gasteiger partial charge on any atom is 0.254 e. The van der Waals surface area contributed by atoms with Crippen LogP contribution in [0, 0.1) is 5.92 Å². The summed E-state index contributed by atoms with van der Waals surface area (Å²) in [5.74, 6) is 0.943. The lowest BCUT2D eigenvalue weighted by Crippen LogP contribution is -2.44. The number of carbonyl (C=O) groups is 1. The average Bonchev–Trinajstić information content (AvgIpc) is 2.68. The molecule has 136 valence electrons. The van der Waals surface area contributed by atoms with Crippen LogP contribution < -0.4 is 5.32 Å². The molecule has 3 aliphatic rings. The first-order valence-electron chi connectivity index (χ1n) is 9.76. The zero-order valence-electron chi connectivity index (χ0n) is 15.0. The van der Waals surface area contributed by atoms with Crippen molar-refractivity contribution in [2.75, 3.05) is 57.8 Å². The minimum absolute atomic E-state index is 0.227. The number of hydrogen-bond acceptors (Lipinski definition) is 4. The van der Waals surface area contributed by atoms with Crippen molar-refractivity contribution in [1.29, 1.82) is 0 Å². The second-order valence-electron chi connectivity index (χ2n) is 7.51. The first-order valence-corrected chi connectivity index (χ1v) is 9.76. The molecule has 5 nitrogen and oxygen atoms in total. The highest BCUT2D eigenvalue weighted by Gasteiger charge is 2.27. The standard InChI is InChI=1S/C20H29N3O2/c24-20(18-3-1-5-19-17(18)4-2-8-21-19)23-9-6-16(7-10-23)15-22-11-13-25-14-12-22/h1,3,5,16,21H,2,4,6-15H2. The summed E-state index contributed by atoms with van der Waals surface area (Å²) in [4.78, 5) is 17.6. The van der Waals surface area contributed by atoms with Crippen LogP contribution in [-0.4, -0.2) is 68.2 Å². The highest BCUT2D eigenvalue weighted by Crippen LogP contribution is 2.28. The molecule has 0 bridgehead atoms. The van der Waals surface area contributed by atoms with Gasteiger partial charge in [-0.15, -0.1) is 0 Å². The number of ether oxygens (including phenoxy) is 1. The number of fused-ring (bicyclic) bond motifs is 1. The van der Waals surface area contributed by atoms with Gasteiger partial charge in [0.25, 0.3) is 5.91 Å². The van der Waals surface area contributed by atoms with Crippen molar-refractivity contribution in [1.82, 2.24) is 9.80 Å².